The second-order valence-corrected chi connectivity index (χ2v) is 8.77. The first-order valence-corrected chi connectivity index (χ1v) is 10.8. The van der Waals surface area contributed by atoms with Crippen LogP contribution in [0.3, 0.4) is 0 Å². The minimum Gasteiger partial charge on any atom is -0.349 e. The summed E-state index contributed by atoms with van der Waals surface area (Å²) in [7, 11) is 4.04. The zero-order valence-corrected chi connectivity index (χ0v) is 19.0. The van der Waals surface area contributed by atoms with E-state index in [-0.39, 0.29) is 35.0 Å². The smallest absolute Gasteiger partial charge is 0.278 e. The Morgan fingerprint density at radius 2 is 1.66 bits per heavy atom. The maximum absolute atomic E-state index is 13.6. The van der Waals surface area contributed by atoms with Crippen LogP contribution in [0.2, 0.25) is 0 Å². The van der Waals surface area contributed by atoms with Crippen molar-refractivity contribution in [2.75, 3.05) is 7.05 Å². The maximum Gasteiger partial charge on any atom is 0.278 e. The number of carbonyl (C=O) groups excluding carboxylic acids is 1. The van der Waals surface area contributed by atoms with Gasteiger partial charge in [0, 0.05) is 42.1 Å². The molecule has 1 aromatic heterocycles. The van der Waals surface area contributed by atoms with E-state index >= 15 is 0 Å². The van der Waals surface area contributed by atoms with Crippen LogP contribution < -0.4 is 5.32 Å². The van der Waals surface area contributed by atoms with Crippen LogP contribution in [-0.2, 0) is 7.05 Å². The molecule has 8 heteroatoms. The van der Waals surface area contributed by atoms with E-state index in [0.29, 0.717) is 28.9 Å². The van der Waals surface area contributed by atoms with Crippen molar-refractivity contribution >= 4 is 34.9 Å². The fourth-order valence-electron chi connectivity index (χ4n) is 5.56. The summed E-state index contributed by atoms with van der Waals surface area (Å²) in [6, 6.07) is 15.5. The highest BCUT2D eigenvalue weighted by Gasteiger charge is 2.39. The number of nitrogens with zero attached hydrogens (tertiary/aromatic N) is 3. The molecule has 3 heterocycles. The van der Waals surface area contributed by atoms with Gasteiger partial charge in [-0.3, -0.25) is 14.9 Å². The molecule has 2 aliphatic rings. The Morgan fingerprint density at radius 1 is 1.03 bits per heavy atom. The number of carbonyl (C=O) groups is 1. The van der Waals surface area contributed by atoms with Crippen molar-refractivity contribution in [3.05, 3.63) is 64.2 Å². The number of benzene rings is 2. The number of hydrogen-bond donors (Lipinski definition) is 1. The van der Waals surface area contributed by atoms with Crippen LogP contribution in [0.15, 0.2) is 48.5 Å². The molecule has 2 atom stereocenters. The summed E-state index contributed by atoms with van der Waals surface area (Å²) < 4.78 is 1.89. The summed E-state index contributed by atoms with van der Waals surface area (Å²) in [5, 5.41) is 15.8. The second kappa shape index (κ2) is 8.56. The number of nitro groups is 1. The number of nitro benzene ring substituents is 1. The summed E-state index contributed by atoms with van der Waals surface area (Å²) in [5.74, 6) is -0.154. The van der Waals surface area contributed by atoms with E-state index in [1.165, 1.54) is 18.9 Å². The molecule has 1 amide bonds. The molecular formula is C24H27ClN4O3. The van der Waals surface area contributed by atoms with Crippen LogP contribution in [0.1, 0.15) is 36.0 Å². The highest BCUT2D eigenvalue weighted by Crippen LogP contribution is 2.38. The third-order valence-electron chi connectivity index (χ3n) is 7.12. The van der Waals surface area contributed by atoms with Crippen molar-refractivity contribution in [3.63, 3.8) is 0 Å². The zero-order valence-electron chi connectivity index (χ0n) is 18.2. The van der Waals surface area contributed by atoms with Gasteiger partial charge in [0.2, 0.25) is 0 Å². The van der Waals surface area contributed by atoms with Crippen LogP contribution in [0.5, 0.6) is 0 Å². The van der Waals surface area contributed by atoms with E-state index < -0.39 is 0 Å². The molecule has 2 bridgehead atoms. The molecule has 7 nitrogen and oxygen atoms in total. The van der Waals surface area contributed by atoms with Crippen molar-refractivity contribution < 1.29 is 9.72 Å². The van der Waals surface area contributed by atoms with Gasteiger partial charge < -0.3 is 14.8 Å². The van der Waals surface area contributed by atoms with Crippen LogP contribution >= 0.6 is 12.4 Å². The average molecular weight is 455 g/mol. The first kappa shape index (κ1) is 22.3. The van der Waals surface area contributed by atoms with Gasteiger partial charge in [0.25, 0.3) is 11.6 Å². The minimum absolute atomic E-state index is 0. The number of halogens is 1. The molecule has 1 N–H and O–H groups in total. The first-order chi connectivity index (χ1) is 15.0. The van der Waals surface area contributed by atoms with Gasteiger partial charge in [-0.1, -0.05) is 30.3 Å². The summed E-state index contributed by atoms with van der Waals surface area (Å²) in [6.45, 7) is 0. The van der Waals surface area contributed by atoms with E-state index in [0.717, 1.165) is 23.7 Å². The normalized spacial score (nSPS) is 22.5. The molecule has 5 rings (SSSR count). The lowest BCUT2D eigenvalue weighted by Crippen LogP contribution is -2.48. The number of rotatable bonds is 4. The van der Waals surface area contributed by atoms with Crippen molar-refractivity contribution in [3.8, 4) is 11.3 Å². The van der Waals surface area contributed by atoms with Crippen molar-refractivity contribution in [2.24, 2.45) is 7.05 Å². The van der Waals surface area contributed by atoms with E-state index in [4.69, 9.17) is 0 Å². The lowest BCUT2D eigenvalue weighted by molar-refractivity contribution is -0.384. The molecule has 0 aliphatic carbocycles. The van der Waals surface area contributed by atoms with Gasteiger partial charge in [0.05, 0.1) is 21.7 Å². The van der Waals surface area contributed by atoms with Gasteiger partial charge in [-0.25, -0.2) is 0 Å². The molecule has 2 aromatic carbocycles. The number of nitrogens with one attached hydrogen (secondary N) is 1. The summed E-state index contributed by atoms with van der Waals surface area (Å²) >= 11 is 0. The second-order valence-electron chi connectivity index (χ2n) is 8.77. The van der Waals surface area contributed by atoms with E-state index in [1.807, 2.05) is 35.9 Å². The average Bonchev–Trinajstić information content (AvgIpc) is 3.15. The molecule has 2 saturated heterocycles. The van der Waals surface area contributed by atoms with E-state index in [9.17, 15) is 14.9 Å². The monoisotopic (exact) mass is 454 g/mol. The maximum atomic E-state index is 13.6. The fraction of sp³-hybridized carbons (Fsp3) is 0.375. The number of fused-ring (bicyclic) bond motifs is 3. The number of para-hydroxylation sites is 2. The molecular weight excluding hydrogens is 428 g/mol. The zero-order chi connectivity index (χ0) is 21.7. The number of hydrogen-bond acceptors (Lipinski definition) is 4. The van der Waals surface area contributed by atoms with Gasteiger partial charge in [-0.2, -0.15) is 0 Å². The Morgan fingerprint density at radius 3 is 2.34 bits per heavy atom. The van der Waals surface area contributed by atoms with E-state index in [1.54, 1.807) is 18.2 Å². The topological polar surface area (TPSA) is 80.4 Å². The number of amides is 1. The number of aryl methyl sites for hydroxylation is 1. The van der Waals surface area contributed by atoms with Gasteiger partial charge >= 0.3 is 0 Å². The largest absolute Gasteiger partial charge is 0.349 e. The molecule has 0 saturated carbocycles. The Kier molecular flexibility index (Phi) is 5.97. The third kappa shape index (κ3) is 3.55. The van der Waals surface area contributed by atoms with Crippen LogP contribution in [0, 0.1) is 10.1 Å². The van der Waals surface area contributed by atoms with Gasteiger partial charge in [-0.15, -0.1) is 12.4 Å². The Balaban J connectivity index is 0.00000245. The summed E-state index contributed by atoms with van der Waals surface area (Å²) in [6.07, 6.45) is 4.27. The lowest BCUT2D eigenvalue weighted by Gasteiger charge is -2.36. The van der Waals surface area contributed by atoms with Crippen molar-refractivity contribution in [2.45, 2.75) is 43.8 Å². The van der Waals surface area contributed by atoms with Gasteiger partial charge in [0.15, 0.2) is 0 Å². The van der Waals surface area contributed by atoms with Gasteiger partial charge in [0.1, 0.15) is 0 Å². The molecule has 0 radical (unpaired) electrons. The highest BCUT2D eigenvalue weighted by atomic mass is 35.5. The quantitative estimate of drug-likeness (QED) is 0.464. The van der Waals surface area contributed by atoms with Crippen LogP contribution in [0.25, 0.3) is 22.2 Å². The van der Waals surface area contributed by atoms with Crippen molar-refractivity contribution in [1.82, 2.24) is 14.8 Å². The van der Waals surface area contributed by atoms with Crippen LogP contribution in [-0.4, -0.2) is 45.5 Å². The van der Waals surface area contributed by atoms with Crippen molar-refractivity contribution in [1.29, 1.82) is 0 Å². The fourth-order valence-corrected chi connectivity index (χ4v) is 5.56. The molecule has 32 heavy (non-hydrogen) atoms. The Bertz CT molecular complexity index is 1180. The van der Waals surface area contributed by atoms with Gasteiger partial charge in [-0.05, 0) is 44.9 Å². The summed E-state index contributed by atoms with van der Waals surface area (Å²) in [5.41, 5.74) is 2.43. The predicted octanol–water partition coefficient (Wildman–Crippen LogP) is 4.53. The lowest BCUT2D eigenvalue weighted by atomic mass is 9.97. The first-order valence-electron chi connectivity index (χ1n) is 10.8. The number of aromatic nitrogens is 1. The molecule has 2 aliphatic heterocycles. The Hall–Kier alpha value is -2.90. The van der Waals surface area contributed by atoms with E-state index in [2.05, 4.69) is 17.3 Å². The molecule has 0 spiro atoms. The number of piperidine rings is 1. The predicted molar refractivity (Wildman–Crippen MR) is 127 cm³/mol. The summed E-state index contributed by atoms with van der Waals surface area (Å²) in [4.78, 5) is 27.4. The molecule has 2 fully saturated rings. The minimum atomic E-state index is -0.386. The molecule has 2 unspecified atom stereocenters. The van der Waals surface area contributed by atoms with Crippen LogP contribution in [0.4, 0.5) is 5.69 Å². The molecule has 3 aromatic rings. The highest BCUT2D eigenvalue weighted by molar-refractivity contribution is 6.13. The SMILES string of the molecule is CN1C2CCC1CC(NC(=O)c1c(-c3ccccc3[N+](=O)[O-])n(C)c3ccccc13)C2.Cl. The third-order valence-corrected chi connectivity index (χ3v) is 7.12. The molecule has 168 valence electrons. The Labute approximate surface area is 193 Å². The standard InChI is InChI=1S/C24H26N4O3.ClH/c1-26-16-11-12-17(26)14-15(13-16)25-24(29)22-18-7-3-5-9-20(18)27(2)23(22)19-8-4-6-10-21(19)28(30)31;/h3-10,15-17H,11-14H2,1-2H3,(H,25,29);1H.